The van der Waals surface area contributed by atoms with Crippen molar-refractivity contribution in [1.29, 1.82) is 0 Å². The molecule has 0 aromatic heterocycles. The highest BCUT2D eigenvalue weighted by molar-refractivity contribution is 5.17. The second-order valence-corrected chi connectivity index (χ2v) is 1.87. The van der Waals surface area contributed by atoms with E-state index in [4.69, 9.17) is 21.7 Å². The van der Waals surface area contributed by atoms with Crippen molar-refractivity contribution in [2.45, 2.75) is 12.8 Å². The highest BCUT2D eigenvalue weighted by atomic mass is 16.5. The third-order valence-electron chi connectivity index (χ3n) is 0.998. The Balaban J connectivity index is 3.48. The maximum Gasteiger partial charge on any atom is 0.00117 e. The maximum atomic E-state index is 8.31. The average Bonchev–Trinajstić information content (AvgIpc) is 1.88. The summed E-state index contributed by atoms with van der Waals surface area (Å²) in [5, 5.41) is 16.6. The summed E-state index contributed by atoms with van der Waals surface area (Å²) in [5.41, 5.74) is 11.8. The highest BCUT2D eigenvalue weighted by Gasteiger charge is 1.79. The molecule has 0 aromatic carbocycles. The molecule has 0 aromatic rings. The molecule has 4 nitrogen and oxygen atoms in total. The third kappa shape index (κ3) is 4.20. The van der Waals surface area contributed by atoms with E-state index in [9.17, 15) is 0 Å². The predicted octanol–water partition coefficient (Wildman–Crippen LogP) is 0.896. The van der Waals surface area contributed by atoms with E-state index in [1.807, 2.05) is 0 Å². The molecule has 0 unspecified atom stereocenters. The molecule has 60 valence electrons. The van der Waals surface area contributed by atoms with Gasteiger partial charge in [0.1, 0.15) is 0 Å². The third-order valence-corrected chi connectivity index (χ3v) is 0.998. The SMILES string of the molecule is [NH-]C(=CCCCN)[C-](O)O. The van der Waals surface area contributed by atoms with E-state index in [1.165, 1.54) is 6.08 Å². The van der Waals surface area contributed by atoms with Gasteiger partial charge in [-0.1, -0.05) is 6.42 Å². The van der Waals surface area contributed by atoms with Crippen LogP contribution in [-0.4, -0.2) is 16.8 Å². The van der Waals surface area contributed by atoms with Crippen LogP contribution >= 0.6 is 0 Å². The molecule has 0 heterocycles. The van der Waals surface area contributed by atoms with Crippen molar-refractivity contribution in [2.24, 2.45) is 5.73 Å². The molecule has 0 amide bonds. The molecular weight excluding hydrogens is 132 g/mol. The molecule has 0 spiro atoms. The summed E-state index contributed by atoms with van der Waals surface area (Å²) in [6.45, 7) is 0.552. The number of hydrogen-bond acceptors (Lipinski definition) is 3. The molecule has 0 rings (SSSR count). The normalized spacial score (nSPS) is 11.7. The number of nitrogens with two attached hydrogens (primary N) is 1. The first-order chi connectivity index (χ1) is 4.68. The monoisotopic (exact) mass is 144 g/mol. The van der Waals surface area contributed by atoms with Crippen LogP contribution in [-0.2, 0) is 0 Å². The van der Waals surface area contributed by atoms with Crippen LogP contribution in [0, 0.1) is 6.29 Å². The zero-order valence-electron chi connectivity index (χ0n) is 5.67. The molecule has 0 atom stereocenters. The Labute approximate surface area is 60.1 Å². The van der Waals surface area contributed by atoms with E-state index in [0.29, 0.717) is 13.0 Å². The van der Waals surface area contributed by atoms with Crippen molar-refractivity contribution in [3.05, 3.63) is 23.8 Å². The minimum atomic E-state index is -0.933. The van der Waals surface area contributed by atoms with Crippen molar-refractivity contribution in [1.82, 2.24) is 0 Å². The van der Waals surface area contributed by atoms with Gasteiger partial charge in [0.15, 0.2) is 0 Å². The standard InChI is InChI=1S/C6H12N2O2/c7-4-2-1-3-5(8)6(9)10/h3,8-10H,1-2,4,7H2/q-2. The first kappa shape index (κ1) is 9.29. The van der Waals surface area contributed by atoms with E-state index in [2.05, 4.69) is 0 Å². The van der Waals surface area contributed by atoms with Gasteiger partial charge in [-0.3, -0.25) is 5.70 Å². The van der Waals surface area contributed by atoms with Crippen molar-refractivity contribution < 1.29 is 10.2 Å². The molecular formula is C6H12N2O2-2. The van der Waals surface area contributed by atoms with Crippen LogP contribution < -0.4 is 5.73 Å². The summed E-state index contributed by atoms with van der Waals surface area (Å²) in [4.78, 5) is 0. The molecule has 0 aliphatic rings. The van der Waals surface area contributed by atoms with Gasteiger partial charge in [0.05, 0.1) is 0 Å². The fourth-order valence-electron chi connectivity index (χ4n) is 0.456. The summed E-state index contributed by atoms with van der Waals surface area (Å²) in [7, 11) is 0. The van der Waals surface area contributed by atoms with Gasteiger partial charge in [-0.2, -0.15) is 0 Å². The Morgan fingerprint density at radius 3 is 2.60 bits per heavy atom. The summed E-state index contributed by atoms with van der Waals surface area (Å²) in [5.74, 6) is 0. The van der Waals surface area contributed by atoms with E-state index in [-0.39, 0.29) is 5.70 Å². The fourth-order valence-corrected chi connectivity index (χ4v) is 0.456. The van der Waals surface area contributed by atoms with Crippen LogP contribution in [0.3, 0.4) is 0 Å². The molecule has 0 bridgehead atoms. The summed E-state index contributed by atoms with van der Waals surface area (Å²) >= 11 is 0. The van der Waals surface area contributed by atoms with Gasteiger partial charge in [-0.15, -0.1) is 6.42 Å². The number of nitrogens with one attached hydrogen (secondary N) is 1. The number of allylic oxidation sites excluding steroid dienone is 1. The number of hydrogen-bond donors (Lipinski definition) is 3. The lowest BCUT2D eigenvalue weighted by molar-refractivity contribution is 0.109. The van der Waals surface area contributed by atoms with Gasteiger partial charge >= 0.3 is 0 Å². The molecule has 0 radical (unpaired) electrons. The molecule has 0 saturated carbocycles. The van der Waals surface area contributed by atoms with E-state index in [1.54, 1.807) is 0 Å². The largest absolute Gasteiger partial charge is 0.726 e. The molecule has 10 heavy (non-hydrogen) atoms. The Morgan fingerprint density at radius 1 is 1.60 bits per heavy atom. The van der Waals surface area contributed by atoms with E-state index in [0.717, 1.165) is 6.42 Å². The smallest absolute Gasteiger partial charge is 0.00117 e. The van der Waals surface area contributed by atoms with Gasteiger partial charge in [-0.05, 0) is 6.54 Å². The maximum absolute atomic E-state index is 8.31. The van der Waals surface area contributed by atoms with Crippen LogP contribution in [0.4, 0.5) is 0 Å². The topological polar surface area (TPSA) is 90.3 Å². The Morgan fingerprint density at radius 2 is 2.20 bits per heavy atom. The fraction of sp³-hybridized carbons (Fsp3) is 0.500. The number of unbranched alkanes of at least 4 members (excludes halogenated alkanes) is 1. The molecule has 0 aliphatic heterocycles. The number of aliphatic hydroxyl groups excluding tert-OH is 1. The van der Waals surface area contributed by atoms with Gasteiger partial charge in [0.25, 0.3) is 0 Å². The zero-order chi connectivity index (χ0) is 7.98. The summed E-state index contributed by atoms with van der Waals surface area (Å²) < 4.78 is 0. The Hall–Kier alpha value is -0.710. The molecule has 5 N–H and O–H groups in total. The first-order valence-corrected chi connectivity index (χ1v) is 3.05. The zero-order valence-corrected chi connectivity index (χ0v) is 5.67. The van der Waals surface area contributed by atoms with Crippen molar-refractivity contribution in [3.8, 4) is 0 Å². The van der Waals surface area contributed by atoms with Crippen LogP contribution in [0.15, 0.2) is 11.8 Å². The number of rotatable bonds is 4. The molecule has 0 fully saturated rings. The first-order valence-electron chi connectivity index (χ1n) is 3.05. The molecule has 4 heteroatoms. The average molecular weight is 144 g/mol. The molecule has 0 aliphatic carbocycles. The Bertz CT molecular complexity index is 112. The van der Waals surface area contributed by atoms with Crippen LogP contribution in [0.1, 0.15) is 12.8 Å². The van der Waals surface area contributed by atoms with Gasteiger partial charge in [0.2, 0.25) is 0 Å². The summed E-state index contributed by atoms with van der Waals surface area (Å²) in [6.07, 6.45) is 1.86. The Kier molecular flexibility index (Phi) is 4.74. The van der Waals surface area contributed by atoms with E-state index < -0.39 is 6.29 Å². The summed E-state index contributed by atoms with van der Waals surface area (Å²) in [6, 6.07) is 0. The predicted molar refractivity (Wildman–Crippen MR) is 37.8 cm³/mol. The van der Waals surface area contributed by atoms with Crippen LogP contribution in [0.25, 0.3) is 5.73 Å². The van der Waals surface area contributed by atoms with E-state index >= 15 is 0 Å². The second-order valence-electron chi connectivity index (χ2n) is 1.87. The molecule has 0 saturated heterocycles. The number of aliphatic hydroxyl groups is 2. The van der Waals surface area contributed by atoms with Gasteiger partial charge in [-0.25, -0.2) is 6.08 Å². The van der Waals surface area contributed by atoms with Crippen LogP contribution in [0.2, 0.25) is 0 Å². The second kappa shape index (κ2) is 5.10. The minimum Gasteiger partial charge on any atom is -0.726 e. The lowest BCUT2D eigenvalue weighted by Crippen LogP contribution is -1.98. The van der Waals surface area contributed by atoms with Gasteiger partial charge < -0.3 is 21.7 Å². The van der Waals surface area contributed by atoms with Crippen molar-refractivity contribution in [2.75, 3.05) is 6.54 Å². The van der Waals surface area contributed by atoms with Crippen molar-refractivity contribution >= 4 is 0 Å². The van der Waals surface area contributed by atoms with Crippen LogP contribution in [0.5, 0.6) is 0 Å². The van der Waals surface area contributed by atoms with Crippen molar-refractivity contribution in [3.63, 3.8) is 0 Å². The quantitative estimate of drug-likeness (QED) is 0.404. The lowest BCUT2D eigenvalue weighted by atomic mass is 10.2. The highest BCUT2D eigenvalue weighted by Crippen LogP contribution is 2.07. The minimum absolute atomic E-state index is 0.242. The lowest BCUT2D eigenvalue weighted by Gasteiger charge is -2.22. The van der Waals surface area contributed by atoms with Gasteiger partial charge in [0, 0.05) is 6.29 Å².